The second-order valence-corrected chi connectivity index (χ2v) is 10.1. The number of carboxylic acid groups (broad SMARTS) is 1. The summed E-state index contributed by atoms with van der Waals surface area (Å²) in [6.45, 7) is 4.94. The Balaban J connectivity index is 1.61. The molecule has 0 saturated carbocycles. The molecule has 0 amide bonds. The van der Waals surface area contributed by atoms with E-state index in [1.807, 2.05) is 66.9 Å². The van der Waals surface area contributed by atoms with E-state index in [9.17, 15) is 9.90 Å². The predicted molar refractivity (Wildman–Crippen MR) is 142 cm³/mol. The molecule has 0 bridgehead atoms. The molecule has 2 N–H and O–H groups in total. The molecule has 5 rings (SSSR count). The van der Waals surface area contributed by atoms with Crippen LogP contribution in [0.2, 0.25) is 10.0 Å². The number of hydrogen-bond donors (Lipinski definition) is 2. The summed E-state index contributed by atoms with van der Waals surface area (Å²) in [5, 5.41) is 23.2. The average molecular weight is 525 g/mol. The molecular weight excluding hydrogens is 499 g/mol. The van der Waals surface area contributed by atoms with Crippen molar-refractivity contribution < 1.29 is 9.90 Å². The van der Waals surface area contributed by atoms with Crippen LogP contribution in [0.3, 0.4) is 0 Å². The molecule has 0 radical (unpaired) electrons. The van der Waals surface area contributed by atoms with Gasteiger partial charge in [0.05, 0.1) is 16.7 Å². The van der Waals surface area contributed by atoms with Crippen molar-refractivity contribution >= 4 is 46.0 Å². The molecule has 1 fully saturated rings. The molecule has 8 nitrogen and oxygen atoms in total. The minimum Gasteiger partial charge on any atom is -0.480 e. The van der Waals surface area contributed by atoms with Crippen molar-refractivity contribution in [3.8, 4) is 17.1 Å². The number of hydrogen-bond acceptors (Lipinski definition) is 6. The van der Waals surface area contributed by atoms with Crippen molar-refractivity contribution in [3.05, 3.63) is 64.8 Å². The number of imidazole rings is 1. The van der Waals surface area contributed by atoms with Crippen molar-refractivity contribution in [3.63, 3.8) is 0 Å². The molecule has 0 spiro atoms. The molecule has 4 aromatic rings. The maximum absolute atomic E-state index is 12.1. The van der Waals surface area contributed by atoms with Gasteiger partial charge in [0.15, 0.2) is 5.82 Å². The quantitative estimate of drug-likeness (QED) is 0.357. The molecule has 0 unspecified atom stereocenters. The molecule has 3 heterocycles. The van der Waals surface area contributed by atoms with Crippen LogP contribution in [0.25, 0.3) is 28.1 Å². The molecular formula is C26H26Cl2N6O2. The second-order valence-electron chi connectivity index (χ2n) is 9.30. The minimum absolute atomic E-state index is 0.0594. The Labute approximate surface area is 218 Å². The average Bonchev–Trinajstić information content (AvgIpc) is 3.24. The summed E-state index contributed by atoms with van der Waals surface area (Å²) in [6.07, 6.45) is 2.56. The number of rotatable bonds is 6. The number of benzene rings is 2. The summed E-state index contributed by atoms with van der Waals surface area (Å²) in [4.78, 5) is 19.2. The number of nitrogens with one attached hydrogen (secondary N) is 1. The fourth-order valence-electron chi connectivity index (χ4n) is 4.86. The van der Waals surface area contributed by atoms with Gasteiger partial charge in [-0.15, -0.1) is 5.10 Å². The highest BCUT2D eigenvalue weighted by Gasteiger charge is 2.42. The summed E-state index contributed by atoms with van der Waals surface area (Å²) in [7, 11) is 0. The zero-order valence-corrected chi connectivity index (χ0v) is 21.5. The number of nitrogens with zero attached hydrogens (tertiary/aromatic N) is 5. The van der Waals surface area contributed by atoms with Crippen molar-refractivity contribution in [2.45, 2.75) is 38.3 Å². The van der Waals surface area contributed by atoms with Gasteiger partial charge in [-0.1, -0.05) is 35.3 Å². The Hall–Kier alpha value is -3.20. The Morgan fingerprint density at radius 3 is 2.42 bits per heavy atom. The first-order valence-corrected chi connectivity index (χ1v) is 12.6. The van der Waals surface area contributed by atoms with Gasteiger partial charge < -0.3 is 10.0 Å². The number of carbonyl (C=O) groups is 1. The SMILES string of the molecule is CC(C)NC1(C(=O)O)CCN(c2nncc3c2nc(-c2ccccc2Cl)n3-c2ccc(Cl)cc2)CC1. The Bertz CT molecular complexity index is 1410. The van der Waals surface area contributed by atoms with Crippen LogP contribution in [0.5, 0.6) is 0 Å². The van der Waals surface area contributed by atoms with Crippen LogP contribution in [0.15, 0.2) is 54.7 Å². The smallest absolute Gasteiger partial charge is 0.324 e. The third kappa shape index (κ3) is 4.40. The van der Waals surface area contributed by atoms with Gasteiger partial charge in [-0.25, -0.2) is 4.98 Å². The summed E-state index contributed by atoms with van der Waals surface area (Å²) in [6, 6.07) is 15.1. The van der Waals surface area contributed by atoms with Crippen molar-refractivity contribution in [1.82, 2.24) is 25.1 Å². The van der Waals surface area contributed by atoms with E-state index in [2.05, 4.69) is 20.4 Å². The van der Waals surface area contributed by atoms with Gasteiger partial charge in [0.25, 0.3) is 0 Å². The van der Waals surface area contributed by atoms with E-state index in [0.29, 0.717) is 53.1 Å². The summed E-state index contributed by atoms with van der Waals surface area (Å²) < 4.78 is 2.00. The second kappa shape index (κ2) is 9.69. The summed E-state index contributed by atoms with van der Waals surface area (Å²) in [5.41, 5.74) is 2.13. The lowest BCUT2D eigenvalue weighted by Crippen LogP contribution is -2.60. The number of piperidine rings is 1. The molecule has 1 saturated heterocycles. The normalized spacial score (nSPS) is 15.5. The zero-order chi connectivity index (χ0) is 25.4. The topological polar surface area (TPSA) is 96.2 Å². The standard InChI is InChI=1S/C26H26Cl2N6O2/c1-16(2)31-26(25(35)36)11-13-33(14-12-26)24-22-21(15-29-32-24)34(18-9-7-17(27)8-10-18)23(30-22)19-5-3-4-6-20(19)28/h3-10,15-16,31H,11-14H2,1-2H3,(H,35,36). The van der Waals surface area contributed by atoms with Crippen LogP contribution in [0.4, 0.5) is 5.82 Å². The lowest BCUT2D eigenvalue weighted by molar-refractivity contribution is -0.146. The Kier molecular flexibility index (Phi) is 6.59. The first-order valence-electron chi connectivity index (χ1n) is 11.8. The van der Waals surface area contributed by atoms with Crippen LogP contribution < -0.4 is 10.2 Å². The maximum atomic E-state index is 12.1. The van der Waals surface area contributed by atoms with Gasteiger partial charge in [-0.3, -0.25) is 14.7 Å². The Morgan fingerprint density at radius 1 is 1.08 bits per heavy atom. The van der Waals surface area contributed by atoms with E-state index in [4.69, 9.17) is 28.2 Å². The zero-order valence-electron chi connectivity index (χ0n) is 19.9. The monoisotopic (exact) mass is 524 g/mol. The number of fused-ring (bicyclic) bond motifs is 1. The molecule has 0 aliphatic carbocycles. The van der Waals surface area contributed by atoms with Crippen LogP contribution in [-0.4, -0.2) is 55.5 Å². The van der Waals surface area contributed by atoms with E-state index in [-0.39, 0.29) is 6.04 Å². The van der Waals surface area contributed by atoms with E-state index < -0.39 is 11.5 Å². The van der Waals surface area contributed by atoms with E-state index >= 15 is 0 Å². The van der Waals surface area contributed by atoms with Crippen LogP contribution in [-0.2, 0) is 4.79 Å². The molecule has 1 aliphatic rings. The number of carboxylic acids is 1. The first-order chi connectivity index (χ1) is 17.3. The van der Waals surface area contributed by atoms with E-state index in [1.165, 1.54) is 0 Å². The number of anilines is 1. The third-order valence-corrected chi connectivity index (χ3v) is 7.13. The van der Waals surface area contributed by atoms with Crippen LogP contribution in [0.1, 0.15) is 26.7 Å². The first kappa shape index (κ1) is 24.5. The highest BCUT2D eigenvalue weighted by atomic mass is 35.5. The molecule has 186 valence electrons. The van der Waals surface area contributed by atoms with Crippen LogP contribution >= 0.6 is 23.2 Å². The fraction of sp³-hybridized carbons (Fsp3) is 0.308. The van der Waals surface area contributed by atoms with Crippen molar-refractivity contribution in [1.29, 1.82) is 0 Å². The maximum Gasteiger partial charge on any atom is 0.324 e. The molecule has 2 aromatic carbocycles. The highest BCUT2D eigenvalue weighted by molar-refractivity contribution is 6.33. The number of aromatic nitrogens is 4. The van der Waals surface area contributed by atoms with Gasteiger partial charge in [-0.05, 0) is 63.1 Å². The van der Waals surface area contributed by atoms with Gasteiger partial charge >= 0.3 is 5.97 Å². The van der Waals surface area contributed by atoms with Crippen molar-refractivity contribution in [2.24, 2.45) is 0 Å². The summed E-state index contributed by atoms with van der Waals surface area (Å²) in [5.74, 6) is 0.456. The molecule has 1 aliphatic heterocycles. The summed E-state index contributed by atoms with van der Waals surface area (Å²) >= 11 is 12.7. The number of aliphatic carboxylic acids is 1. The fourth-order valence-corrected chi connectivity index (χ4v) is 5.21. The minimum atomic E-state index is -0.961. The van der Waals surface area contributed by atoms with Gasteiger partial charge in [0.1, 0.15) is 16.9 Å². The van der Waals surface area contributed by atoms with Gasteiger partial charge in [0.2, 0.25) is 0 Å². The van der Waals surface area contributed by atoms with Gasteiger partial charge in [0, 0.05) is 35.4 Å². The Morgan fingerprint density at radius 2 is 1.78 bits per heavy atom. The number of halogens is 2. The predicted octanol–water partition coefficient (Wildman–Crippen LogP) is 5.21. The van der Waals surface area contributed by atoms with E-state index in [0.717, 1.165) is 16.8 Å². The largest absolute Gasteiger partial charge is 0.480 e. The van der Waals surface area contributed by atoms with Crippen molar-refractivity contribution in [2.75, 3.05) is 18.0 Å². The third-order valence-electron chi connectivity index (χ3n) is 6.55. The molecule has 36 heavy (non-hydrogen) atoms. The lowest BCUT2D eigenvalue weighted by Gasteiger charge is -2.40. The molecule has 10 heteroatoms. The molecule has 2 aromatic heterocycles. The lowest BCUT2D eigenvalue weighted by atomic mass is 9.86. The van der Waals surface area contributed by atoms with Crippen LogP contribution in [0, 0.1) is 0 Å². The molecule has 0 atom stereocenters. The highest BCUT2D eigenvalue weighted by Crippen LogP contribution is 2.36. The van der Waals surface area contributed by atoms with E-state index in [1.54, 1.807) is 6.20 Å². The van der Waals surface area contributed by atoms with Gasteiger partial charge in [-0.2, -0.15) is 5.10 Å².